The highest BCUT2D eigenvalue weighted by molar-refractivity contribution is 7.89. The smallest absolute Gasteiger partial charge is 0.335 e. The zero-order chi connectivity index (χ0) is 27.9. The van der Waals surface area contributed by atoms with E-state index in [1.165, 1.54) is 40.7 Å². The van der Waals surface area contributed by atoms with Crippen molar-refractivity contribution >= 4 is 28.0 Å². The van der Waals surface area contributed by atoms with Gasteiger partial charge in [-0.15, -0.1) is 0 Å². The van der Waals surface area contributed by atoms with Gasteiger partial charge in [0.15, 0.2) is 0 Å². The van der Waals surface area contributed by atoms with Crippen LogP contribution in [0.3, 0.4) is 0 Å². The van der Waals surface area contributed by atoms with Crippen molar-refractivity contribution in [2.45, 2.75) is 35.9 Å². The molecule has 11 nitrogen and oxygen atoms in total. The number of amidine groups is 1. The van der Waals surface area contributed by atoms with Crippen LogP contribution in [0, 0.1) is 5.82 Å². The van der Waals surface area contributed by atoms with Crippen LogP contribution in [-0.2, 0) is 14.8 Å². The monoisotopic (exact) mass is 564 g/mol. The van der Waals surface area contributed by atoms with Crippen molar-refractivity contribution in [3.8, 4) is 0 Å². The number of carboxylic acids is 1. The number of anilines is 1. The lowest BCUT2D eigenvalue weighted by molar-refractivity contribution is 0.0696. The van der Waals surface area contributed by atoms with Crippen LogP contribution in [0.4, 0.5) is 10.3 Å². The van der Waals surface area contributed by atoms with Crippen LogP contribution in [0.15, 0.2) is 83.1 Å². The van der Waals surface area contributed by atoms with Gasteiger partial charge >= 0.3 is 5.97 Å². The van der Waals surface area contributed by atoms with Gasteiger partial charge in [-0.3, -0.25) is 4.90 Å². The number of hydrogen-bond acceptors (Lipinski definition) is 9. The average molecular weight is 565 g/mol. The molecular formula is C27H25FN6O5S. The minimum Gasteiger partial charge on any atom is -0.478 e. The molecule has 40 heavy (non-hydrogen) atoms. The molecule has 0 radical (unpaired) electrons. The summed E-state index contributed by atoms with van der Waals surface area (Å²) in [5, 5.41) is 12.4. The van der Waals surface area contributed by atoms with E-state index in [2.05, 4.69) is 15.3 Å². The Morgan fingerprint density at radius 1 is 1.05 bits per heavy atom. The Hall–Kier alpha value is -4.36. The fraction of sp³-hybridized carbons (Fsp3) is 0.259. The molecule has 4 heterocycles. The van der Waals surface area contributed by atoms with Crippen molar-refractivity contribution in [2.75, 3.05) is 18.4 Å². The number of carbonyl (C=O) groups is 1. The molecule has 1 fully saturated rings. The molecule has 0 amide bonds. The van der Waals surface area contributed by atoms with E-state index < -0.39 is 16.0 Å². The third-order valence-corrected chi connectivity index (χ3v) is 9.09. The fourth-order valence-electron chi connectivity index (χ4n) is 5.10. The van der Waals surface area contributed by atoms with Gasteiger partial charge < -0.3 is 15.2 Å². The number of rotatable bonds is 7. The van der Waals surface area contributed by atoms with Gasteiger partial charge in [0.2, 0.25) is 16.0 Å². The van der Waals surface area contributed by atoms with Gasteiger partial charge in [-0.2, -0.15) is 4.31 Å². The zero-order valence-electron chi connectivity index (χ0n) is 21.1. The molecule has 0 saturated carbocycles. The lowest BCUT2D eigenvalue weighted by Crippen LogP contribution is -2.42. The summed E-state index contributed by atoms with van der Waals surface area (Å²) in [5.41, 5.74) is 1.55. The molecule has 2 N–H and O–H groups in total. The van der Waals surface area contributed by atoms with Crippen LogP contribution >= 0.6 is 0 Å². The third-order valence-electron chi connectivity index (χ3n) is 7.18. The Balaban J connectivity index is 1.14. The van der Waals surface area contributed by atoms with E-state index in [0.717, 1.165) is 5.56 Å². The van der Waals surface area contributed by atoms with Crippen LogP contribution in [-0.4, -0.2) is 63.8 Å². The first-order valence-corrected chi connectivity index (χ1v) is 14.1. The summed E-state index contributed by atoms with van der Waals surface area (Å²) in [6.07, 6.45) is 6.07. The Bertz CT molecular complexity index is 1590. The second kappa shape index (κ2) is 10.3. The summed E-state index contributed by atoms with van der Waals surface area (Å²) >= 11 is 0. The molecule has 3 aliphatic heterocycles. The van der Waals surface area contributed by atoms with Gasteiger partial charge in [0, 0.05) is 31.5 Å². The number of aromatic nitrogens is 2. The number of sulfonamides is 1. The largest absolute Gasteiger partial charge is 0.478 e. The second-order valence-corrected chi connectivity index (χ2v) is 11.6. The molecule has 3 aromatic rings. The van der Waals surface area contributed by atoms with Gasteiger partial charge in [-0.1, -0.05) is 12.1 Å². The number of fused-ring (bicyclic) bond motifs is 1. The summed E-state index contributed by atoms with van der Waals surface area (Å²) in [4.78, 5) is 26.9. The minimum atomic E-state index is -3.74. The summed E-state index contributed by atoms with van der Waals surface area (Å²) < 4.78 is 46.6. The summed E-state index contributed by atoms with van der Waals surface area (Å²) in [7, 11) is -3.74. The van der Waals surface area contributed by atoms with Gasteiger partial charge in [0.05, 0.1) is 16.2 Å². The highest BCUT2D eigenvalue weighted by Gasteiger charge is 2.41. The van der Waals surface area contributed by atoms with Crippen molar-refractivity contribution in [2.24, 2.45) is 4.99 Å². The number of ether oxygens (including phenoxy) is 1. The molecule has 0 bridgehead atoms. The highest BCUT2D eigenvalue weighted by atomic mass is 32.2. The van der Waals surface area contributed by atoms with E-state index in [1.54, 1.807) is 30.8 Å². The molecule has 3 aliphatic rings. The van der Waals surface area contributed by atoms with Crippen molar-refractivity contribution < 1.29 is 27.4 Å². The van der Waals surface area contributed by atoms with E-state index >= 15 is 0 Å². The van der Waals surface area contributed by atoms with Gasteiger partial charge in [0.1, 0.15) is 24.2 Å². The number of carboxylic acid groups (broad SMARTS) is 1. The van der Waals surface area contributed by atoms with Crippen LogP contribution in [0.5, 0.6) is 0 Å². The Kier molecular flexibility index (Phi) is 6.68. The van der Waals surface area contributed by atoms with Crippen molar-refractivity contribution in [1.29, 1.82) is 0 Å². The molecule has 0 spiro atoms. The first-order chi connectivity index (χ1) is 19.3. The maximum atomic E-state index is 13.5. The number of nitrogens with zero attached hydrogens (tertiary/aromatic N) is 5. The fourth-order valence-corrected chi connectivity index (χ4v) is 6.57. The molecule has 1 aromatic heterocycles. The number of nitrogens with one attached hydrogen (secondary N) is 1. The first kappa shape index (κ1) is 25.9. The Labute approximate surface area is 229 Å². The zero-order valence-corrected chi connectivity index (χ0v) is 21.9. The lowest BCUT2D eigenvalue weighted by atomic mass is 9.97. The Morgan fingerprint density at radius 2 is 1.77 bits per heavy atom. The Morgan fingerprint density at radius 3 is 2.48 bits per heavy atom. The maximum Gasteiger partial charge on any atom is 0.335 e. The maximum absolute atomic E-state index is 13.5. The molecule has 13 heteroatoms. The summed E-state index contributed by atoms with van der Waals surface area (Å²) in [6.45, 7) is 0.589. The number of halogens is 1. The van der Waals surface area contributed by atoms with Crippen molar-refractivity contribution in [1.82, 2.24) is 19.2 Å². The third kappa shape index (κ3) is 4.89. The molecule has 2 atom stereocenters. The lowest BCUT2D eigenvalue weighted by Gasteiger charge is -2.31. The average Bonchev–Trinajstić information content (AvgIpc) is 3.56. The van der Waals surface area contributed by atoms with Gasteiger partial charge in [0.25, 0.3) is 6.02 Å². The van der Waals surface area contributed by atoms with E-state index in [9.17, 15) is 17.6 Å². The SMILES string of the molecule is O=C(O)c1ccc(S(=O)(=O)N2CCC(Nc3nccc(C4C(c5ccc(F)cc5)N=C5OC=CN54)n3)CC2)cc1. The van der Waals surface area contributed by atoms with Crippen LogP contribution < -0.4 is 5.32 Å². The van der Waals surface area contributed by atoms with Crippen LogP contribution in [0.2, 0.25) is 0 Å². The molecule has 0 aliphatic carbocycles. The predicted octanol–water partition coefficient (Wildman–Crippen LogP) is 3.53. The molecule has 206 valence electrons. The number of piperidine rings is 1. The summed E-state index contributed by atoms with van der Waals surface area (Å²) in [6, 6.07) is 12.9. The van der Waals surface area contributed by atoms with Crippen molar-refractivity contribution in [3.05, 3.63) is 95.9 Å². The number of benzene rings is 2. The van der Waals surface area contributed by atoms with E-state index in [1.807, 2.05) is 11.0 Å². The number of aromatic carboxylic acids is 1. The number of hydrogen-bond donors (Lipinski definition) is 2. The normalized spacial score (nSPS) is 21.1. The van der Waals surface area contributed by atoms with Gasteiger partial charge in [-0.25, -0.2) is 32.6 Å². The first-order valence-electron chi connectivity index (χ1n) is 12.7. The van der Waals surface area contributed by atoms with E-state index in [4.69, 9.17) is 14.8 Å². The topological polar surface area (TPSA) is 137 Å². The van der Waals surface area contributed by atoms with Gasteiger partial charge in [-0.05, 0) is 60.9 Å². The van der Waals surface area contributed by atoms with Crippen LogP contribution in [0.25, 0.3) is 0 Å². The summed E-state index contributed by atoms with van der Waals surface area (Å²) in [5.74, 6) is -1.02. The molecule has 1 saturated heterocycles. The molecule has 2 aromatic carbocycles. The second-order valence-electron chi connectivity index (χ2n) is 9.62. The van der Waals surface area contributed by atoms with E-state index in [-0.39, 0.29) is 34.4 Å². The molecule has 2 unspecified atom stereocenters. The van der Waals surface area contributed by atoms with Crippen LogP contribution in [0.1, 0.15) is 46.5 Å². The standard InChI is InChI=1S/C27H25FN6O5S/c28-19-5-1-17(2-6-19)23-24(34-15-16-39-27(34)32-23)22-9-12-29-26(31-22)30-20-10-13-33(14-11-20)40(37,38)21-7-3-18(4-8-21)25(35)36/h1-9,12,15-16,20,23-24H,10-11,13-14H2,(H,35,36)(H,29,30,31). The minimum absolute atomic E-state index is 0.0294. The number of aliphatic imine (C=N–C) groups is 1. The van der Waals surface area contributed by atoms with E-state index in [0.29, 0.717) is 43.6 Å². The predicted molar refractivity (Wildman–Crippen MR) is 142 cm³/mol. The van der Waals surface area contributed by atoms with Crippen molar-refractivity contribution in [3.63, 3.8) is 0 Å². The highest BCUT2D eigenvalue weighted by Crippen LogP contribution is 2.43. The molecular weight excluding hydrogens is 539 g/mol. The quantitative estimate of drug-likeness (QED) is 0.441. The molecule has 6 rings (SSSR count).